The Morgan fingerprint density at radius 1 is 0.791 bits per heavy atom. The Balaban J connectivity index is 1.55. The van der Waals surface area contributed by atoms with Crippen LogP contribution in [0.25, 0.3) is 0 Å². The molecule has 4 atom stereocenters. The molecule has 1 aliphatic carbocycles. The van der Waals surface area contributed by atoms with Crippen molar-refractivity contribution in [2.24, 2.45) is 11.7 Å². The molecule has 1 fully saturated rings. The second kappa shape index (κ2) is 15.1. The lowest BCUT2D eigenvalue weighted by atomic mass is 9.81. The quantitative estimate of drug-likeness (QED) is 0.259. The van der Waals surface area contributed by atoms with Crippen molar-refractivity contribution in [3.63, 3.8) is 0 Å². The molecule has 4 rings (SSSR count). The van der Waals surface area contributed by atoms with Gasteiger partial charge < -0.3 is 25.8 Å². The van der Waals surface area contributed by atoms with Gasteiger partial charge in [0.15, 0.2) is 5.78 Å². The van der Waals surface area contributed by atoms with Gasteiger partial charge in [-0.25, -0.2) is 4.79 Å². The normalized spacial score (nSPS) is 19.1. The molecule has 2 unspecified atom stereocenters. The highest BCUT2D eigenvalue weighted by Gasteiger charge is 2.52. The number of carbonyl (C=O) groups excluding carboxylic acids is 4. The molecule has 0 heterocycles. The Labute approximate surface area is 252 Å². The molecule has 43 heavy (non-hydrogen) atoms. The van der Waals surface area contributed by atoms with Gasteiger partial charge in [-0.3, -0.25) is 14.4 Å². The average Bonchev–Trinajstić information content (AvgIpc) is 3.43. The summed E-state index contributed by atoms with van der Waals surface area (Å²) in [6.45, 7) is 1.88. The second-order valence-electron chi connectivity index (χ2n) is 10.8. The third kappa shape index (κ3) is 8.51. The van der Waals surface area contributed by atoms with Gasteiger partial charge in [0, 0.05) is 12.3 Å². The molecule has 4 N–H and O–H groups in total. The first-order valence-electron chi connectivity index (χ1n) is 14.7. The smallest absolute Gasteiger partial charge is 0.408 e. The van der Waals surface area contributed by atoms with Gasteiger partial charge in [0.1, 0.15) is 18.2 Å². The zero-order valence-electron chi connectivity index (χ0n) is 24.4. The van der Waals surface area contributed by atoms with Gasteiger partial charge in [0.2, 0.25) is 5.91 Å². The number of amides is 2. The lowest BCUT2D eigenvalue weighted by Gasteiger charge is -2.31. The summed E-state index contributed by atoms with van der Waals surface area (Å²) < 4.78 is 10.6. The maximum absolute atomic E-state index is 14.1. The van der Waals surface area contributed by atoms with Crippen LogP contribution < -0.4 is 16.4 Å². The van der Waals surface area contributed by atoms with E-state index >= 15 is 0 Å². The van der Waals surface area contributed by atoms with Crippen molar-refractivity contribution in [2.45, 2.75) is 63.3 Å². The van der Waals surface area contributed by atoms with Crippen molar-refractivity contribution in [3.05, 3.63) is 108 Å². The Morgan fingerprint density at radius 2 is 1.33 bits per heavy atom. The van der Waals surface area contributed by atoms with E-state index in [-0.39, 0.29) is 31.8 Å². The molecule has 1 aliphatic rings. The van der Waals surface area contributed by atoms with E-state index < -0.39 is 41.5 Å². The third-order valence-electron chi connectivity index (χ3n) is 7.75. The first-order chi connectivity index (χ1) is 20.8. The van der Waals surface area contributed by atoms with Gasteiger partial charge in [-0.05, 0) is 42.9 Å². The van der Waals surface area contributed by atoms with Crippen LogP contribution in [0.5, 0.6) is 0 Å². The molecule has 0 saturated heterocycles. The van der Waals surface area contributed by atoms with Crippen molar-refractivity contribution in [1.82, 2.24) is 10.6 Å². The number of esters is 1. The summed E-state index contributed by atoms with van der Waals surface area (Å²) in [7, 11) is 0. The minimum Gasteiger partial charge on any atom is -0.465 e. The summed E-state index contributed by atoms with van der Waals surface area (Å²) in [5.41, 5.74) is 7.51. The van der Waals surface area contributed by atoms with Crippen LogP contribution in [0.15, 0.2) is 91.0 Å². The molecular weight excluding hydrogens is 546 g/mol. The van der Waals surface area contributed by atoms with Crippen molar-refractivity contribution >= 4 is 23.8 Å². The third-order valence-corrected chi connectivity index (χ3v) is 7.75. The minimum atomic E-state index is -1.46. The summed E-state index contributed by atoms with van der Waals surface area (Å²) in [6.07, 6.45) is 0.921. The van der Waals surface area contributed by atoms with Crippen LogP contribution in [0.3, 0.4) is 0 Å². The van der Waals surface area contributed by atoms with Gasteiger partial charge in [0.25, 0.3) is 0 Å². The lowest BCUT2D eigenvalue weighted by molar-refractivity contribution is -0.153. The number of nitrogens with one attached hydrogen (secondary N) is 2. The van der Waals surface area contributed by atoms with Crippen LogP contribution in [-0.4, -0.2) is 48.0 Å². The average molecular weight is 586 g/mol. The topological polar surface area (TPSA) is 137 Å². The molecule has 0 radical (unpaired) electrons. The first kappa shape index (κ1) is 31.4. The van der Waals surface area contributed by atoms with Crippen LogP contribution in [0.4, 0.5) is 4.79 Å². The fourth-order valence-corrected chi connectivity index (χ4v) is 5.49. The zero-order chi connectivity index (χ0) is 30.7. The number of carbonyl (C=O) groups is 4. The molecule has 0 bridgehead atoms. The highest BCUT2D eigenvalue weighted by molar-refractivity contribution is 5.98. The molecule has 9 heteroatoms. The number of benzene rings is 3. The Kier molecular flexibility index (Phi) is 11.0. The van der Waals surface area contributed by atoms with Crippen molar-refractivity contribution < 1.29 is 28.7 Å². The highest BCUT2D eigenvalue weighted by Crippen LogP contribution is 2.36. The fourth-order valence-electron chi connectivity index (χ4n) is 5.49. The van der Waals surface area contributed by atoms with Crippen LogP contribution in [0.2, 0.25) is 0 Å². The highest BCUT2D eigenvalue weighted by atomic mass is 16.5. The fraction of sp³-hybridized carbons (Fsp3) is 0.353. The monoisotopic (exact) mass is 585 g/mol. The number of hydrogen-bond acceptors (Lipinski definition) is 7. The van der Waals surface area contributed by atoms with Crippen LogP contribution in [-0.2, 0) is 43.3 Å². The summed E-state index contributed by atoms with van der Waals surface area (Å²) in [6, 6.07) is 25.7. The molecule has 0 aliphatic heterocycles. The minimum absolute atomic E-state index is 0.0373. The van der Waals surface area contributed by atoms with E-state index in [0.29, 0.717) is 19.3 Å². The summed E-state index contributed by atoms with van der Waals surface area (Å²) >= 11 is 0. The molecule has 0 aromatic heterocycles. The molecule has 1 saturated carbocycles. The molecular formula is C34H39N3O6. The molecule has 2 amide bonds. The van der Waals surface area contributed by atoms with Crippen LogP contribution >= 0.6 is 0 Å². The Morgan fingerprint density at radius 3 is 1.88 bits per heavy atom. The second-order valence-corrected chi connectivity index (χ2v) is 10.8. The first-order valence-corrected chi connectivity index (χ1v) is 14.7. The maximum Gasteiger partial charge on any atom is 0.408 e. The van der Waals surface area contributed by atoms with Gasteiger partial charge >= 0.3 is 12.1 Å². The summed E-state index contributed by atoms with van der Waals surface area (Å²) in [5, 5.41) is 5.57. The number of nitrogens with two attached hydrogens (primary N) is 1. The maximum atomic E-state index is 14.1. The van der Waals surface area contributed by atoms with E-state index in [0.717, 1.165) is 16.7 Å². The number of alkyl carbamates (subject to hydrolysis) is 1. The van der Waals surface area contributed by atoms with Crippen LogP contribution in [0.1, 0.15) is 42.9 Å². The summed E-state index contributed by atoms with van der Waals surface area (Å²) in [4.78, 5) is 53.5. The SMILES string of the molecule is CCOC(=O)C1(N)CCCC1C(=O)[C@H](Cc1ccccc1)NC(=O)[C@H](Cc1ccccc1)NC(=O)OCc1ccccc1. The van der Waals surface area contributed by atoms with E-state index in [4.69, 9.17) is 15.2 Å². The molecule has 226 valence electrons. The molecule has 3 aromatic carbocycles. The van der Waals surface area contributed by atoms with Crippen LogP contribution in [0, 0.1) is 5.92 Å². The standard InChI is InChI=1S/C34H39N3O6/c1-2-42-32(40)34(35)20-12-19-27(34)30(38)28(21-24-13-6-3-7-14-24)36-31(39)29(22-25-15-8-4-9-16-25)37-33(41)43-23-26-17-10-5-11-18-26/h3-11,13-18,27-29H,2,12,19-23,35H2,1H3,(H,36,39)(H,37,41)/t27?,28-,29-,34?/m0/s1. The van der Waals surface area contributed by atoms with Crippen molar-refractivity contribution in [3.8, 4) is 0 Å². The number of Topliss-reactive ketones (excluding diaryl/α,β-unsaturated/α-hetero) is 1. The van der Waals surface area contributed by atoms with E-state index in [1.54, 1.807) is 6.92 Å². The zero-order valence-corrected chi connectivity index (χ0v) is 24.4. The van der Waals surface area contributed by atoms with Gasteiger partial charge in [-0.15, -0.1) is 0 Å². The van der Waals surface area contributed by atoms with Gasteiger partial charge in [-0.1, -0.05) is 97.4 Å². The Bertz CT molecular complexity index is 1370. The predicted molar refractivity (Wildman–Crippen MR) is 162 cm³/mol. The molecule has 0 spiro atoms. The summed E-state index contributed by atoms with van der Waals surface area (Å²) in [5.74, 6) is -2.32. The van der Waals surface area contributed by atoms with E-state index in [2.05, 4.69) is 10.6 Å². The predicted octanol–water partition coefficient (Wildman–Crippen LogP) is 3.88. The van der Waals surface area contributed by atoms with Crippen molar-refractivity contribution in [2.75, 3.05) is 6.61 Å². The number of ether oxygens (including phenoxy) is 2. The number of ketones is 1. The van der Waals surface area contributed by atoms with E-state index in [1.807, 2.05) is 91.0 Å². The van der Waals surface area contributed by atoms with Gasteiger partial charge in [0.05, 0.1) is 12.6 Å². The Hall–Kier alpha value is -4.50. The number of rotatable bonds is 13. The van der Waals surface area contributed by atoms with E-state index in [9.17, 15) is 19.2 Å². The molecule has 9 nitrogen and oxygen atoms in total. The lowest BCUT2D eigenvalue weighted by Crippen LogP contribution is -2.59. The number of hydrogen-bond donors (Lipinski definition) is 3. The van der Waals surface area contributed by atoms with Crippen molar-refractivity contribution in [1.29, 1.82) is 0 Å². The van der Waals surface area contributed by atoms with E-state index in [1.165, 1.54) is 0 Å². The molecule has 3 aromatic rings. The largest absolute Gasteiger partial charge is 0.465 e. The van der Waals surface area contributed by atoms with Gasteiger partial charge in [-0.2, -0.15) is 0 Å².